The first-order chi connectivity index (χ1) is 8.77. The molecule has 0 aliphatic heterocycles. The van der Waals surface area contributed by atoms with Crippen LogP contribution in [0, 0.1) is 10.1 Å². The average Bonchev–Trinajstić information content (AvgIpc) is 2.35. The van der Waals surface area contributed by atoms with E-state index in [-0.39, 0.29) is 16.3 Å². The third-order valence-corrected chi connectivity index (χ3v) is 3.52. The van der Waals surface area contributed by atoms with Gasteiger partial charge in [-0.15, -0.1) is 0 Å². The van der Waals surface area contributed by atoms with Gasteiger partial charge >= 0.3 is 11.7 Å². The van der Waals surface area contributed by atoms with Crippen LogP contribution < -0.4 is 4.74 Å². The van der Waals surface area contributed by atoms with Gasteiger partial charge in [-0.25, -0.2) is 8.42 Å². The molecule has 0 aliphatic rings. The quantitative estimate of drug-likeness (QED) is 0.449. The molecule has 0 radical (unpaired) electrons. The number of sulfone groups is 1. The maximum atomic E-state index is 11.8. The molecule has 0 fully saturated rings. The number of carbonyl (C=O) groups excluding carboxylic acids is 1. The Labute approximate surface area is 109 Å². The van der Waals surface area contributed by atoms with Gasteiger partial charge in [-0.3, -0.25) is 14.9 Å². The van der Waals surface area contributed by atoms with Crippen molar-refractivity contribution in [1.29, 1.82) is 0 Å². The van der Waals surface area contributed by atoms with Crippen LogP contribution in [-0.4, -0.2) is 32.4 Å². The van der Waals surface area contributed by atoms with Gasteiger partial charge < -0.3 is 9.47 Å². The number of rotatable bonds is 5. The van der Waals surface area contributed by atoms with E-state index in [4.69, 9.17) is 4.74 Å². The molecule has 0 atom stereocenters. The van der Waals surface area contributed by atoms with Crippen LogP contribution in [0.2, 0.25) is 0 Å². The summed E-state index contributed by atoms with van der Waals surface area (Å²) in [4.78, 5) is 20.3. The molecule has 0 unspecified atom stereocenters. The molecule has 0 heterocycles. The van der Waals surface area contributed by atoms with Crippen LogP contribution >= 0.6 is 0 Å². The molecule has 1 rings (SSSR count). The zero-order chi connectivity index (χ0) is 14.6. The predicted molar refractivity (Wildman–Crippen MR) is 63.5 cm³/mol. The van der Waals surface area contributed by atoms with Crippen molar-refractivity contribution in [2.45, 2.75) is 11.8 Å². The number of nitro groups is 1. The second kappa shape index (κ2) is 5.65. The van der Waals surface area contributed by atoms with Crippen molar-refractivity contribution in [1.82, 2.24) is 0 Å². The molecule has 0 bridgehead atoms. The summed E-state index contributed by atoms with van der Waals surface area (Å²) in [6.07, 6.45) is 0. The number of nitrogens with zero attached hydrogens (tertiary/aromatic N) is 1. The van der Waals surface area contributed by atoms with Crippen LogP contribution in [0.25, 0.3) is 0 Å². The second-order valence-electron chi connectivity index (χ2n) is 3.46. The van der Waals surface area contributed by atoms with Gasteiger partial charge in [0.05, 0.1) is 16.9 Å². The molecule has 0 saturated heterocycles. The highest BCUT2D eigenvalue weighted by Crippen LogP contribution is 2.29. The molecule has 1 aromatic rings. The number of carbonyl (C=O) groups is 1. The normalized spacial score (nSPS) is 10.8. The standard InChI is InChI=1S/C10H11NO7S/c1-7(12)18-6-19(15,16)8-3-4-9(11(13)14)10(5-8)17-2/h3-5H,6H2,1-2H3. The Kier molecular flexibility index (Phi) is 4.43. The van der Waals surface area contributed by atoms with Crippen molar-refractivity contribution in [2.75, 3.05) is 13.0 Å². The highest BCUT2D eigenvalue weighted by Gasteiger charge is 2.22. The average molecular weight is 289 g/mol. The Morgan fingerprint density at radius 3 is 2.53 bits per heavy atom. The predicted octanol–water partition coefficient (Wildman–Crippen LogP) is 0.898. The molecule has 19 heavy (non-hydrogen) atoms. The fraction of sp³-hybridized carbons (Fsp3) is 0.300. The minimum atomic E-state index is -3.88. The van der Waals surface area contributed by atoms with Crippen LogP contribution in [0.5, 0.6) is 5.75 Å². The molecule has 0 saturated carbocycles. The Hall–Kier alpha value is -2.16. The highest BCUT2D eigenvalue weighted by atomic mass is 32.2. The summed E-state index contributed by atoms with van der Waals surface area (Å²) in [5, 5.41) is 10.7. The Morgan fingerprint density at radius 1 is 1.42 bits per heavy atom. The largest absolute Gasteiger partial charge is 0.490 e. The number of hydrogen-bond donors (Lipinski definition) is 0. The molecule has 9 heteroatoms. The fourth-order valence-corrected chi connectivity index (χ4v) is 2.25. The van der Waals surface area contributed by atoms with Gasteiger partial charge in [0, 0.05) is 19.1 Å². The monoisotopic (exact) mass is 289 g/mol. The first-order valence-electron chi connectivity index (χ1n) is 4.96. The minimum Gasteiger partial charge on any atom is -0.490 e. The van der Waals surface area contributed by atoms with Crippen molar-refractivity contribution >= 4 is 21.5 Å². The summed E-state index contributed by atoms with van der Waals surface area (Å²) in [7, 11) is -2.69. The SMILES string of the molecule is COc1cc(S(=O)(=O)COC(C)=O)ccc1[N+](=O)[O-]. The third kappa shape index (κ3) is 3.65. The summed E-state index contributed by atoms with van der Waals surface area (Å²) in [6.45, 7) is 1.08. The smallest absolute Gasteiger partial charge is 0.310 e. The number of benzene rings is 1. The van der Waals surface area contributed by atoms with Crippen LogP contribution in [0.4, 0.5) is 5.69 Å². The molecule has 0 aliphatic carbocycles. The van der Waals surface area contributed by atoms with Gasteiger partial charge in [0.1, 0.15) is 0 Å². The summed E-state index contributed by atoms with van der Waals surface area (Å²) < 4.78 is 32.7. The first-order valence-corrected chi connectivity index (χ1v) is 6.61. The molecule has 8 nitrogen and oxygen atoms in total. The Balaban J connectivity index is 3.15. The van der Waals surface area contributed by atoms with Crippen molar-refractivity contribution in [3.8, 4) is 5.75 Å². The van der Waals surface area contributed by atoms with Gasteiger partial charge in [-0.05, 0) is 6.07 Å². The number of hydrogen-bond acceptors (Lipinski definition) is 7. The maximum absolute atomic E-state index is 11.8. The molecule has 0 N–H and O–H groups in total. The highest BCUT2D eigenvalue weighted by molar-refractivity contribution is 7.91. The first kappa shape index (κ1) is 14.9. The number of methoxy groups -OCH3 is 1. The molecular weight excluding hydrogens is 278 g/mol. The third-order valence-electron chi connectivity index (χ3n) is 2.12. The molecule has 0 spiro atoms. The Bertz CT molecular complexity index is 608. The van der Waals surface area contributed by atoms with Crippen LogP contribution in [0.3, 0.4) is 0 Å². The fourth-order valence-electron chi connectivity index (χ4n) is 1.23. The molecule has 0 amide bonds. The Morgan fingerprint density at radius 2 is 2.05 bits per heavy atom. The summed E-state index contributed by atoms with van der Waals surface area (Å²) in [6, 6.07) is 3.08. The molecule has 104 valence electrons. The van der Waals surface area contributed by atoms with E-state index in [2.05, 4.69) is 4.74 Å². The maximum Gasteiger partial charge on any atom is 0.310 e. The summed E-state index contributed by atoms with van der Waals surface area (Å²) >= 11 is 0. The lowest BCUT2D eigenvalue weighted by Gasteiger charge is -2.07. The van der Waals surface area contributed by atoms with E-state index in [0.29, 0.717) is 0 Å². The van der Waals surface area contributed by atoms with Crippen LogP contribution in [-0.2, 0) is 19.4 Å². The number of ether oxygens (including phenoxy) is 2. The van der Waals surface area contributed by atoms with Crippen molar-refractivity contribution in [2.24, 2.45) is 0 Å². The van der Waals surface area contributed by atoms with E-state index in [1.54, 1.807) is 0 Å². The van der Waals surface area contributed by atoms with E-state index in [1.807, 2.05) is 0 Å². The van der Waals surface area contributed by atoms with E-state index < -0.39 is 26.7 Å². The molecular formula is C10H11NO7S. The number of nitro benzene ring substituents is 1. The van der Waals surface area contributed by atoms with Crippen molar-refractivity contribution < 1.29 is 27.6 Å². The minimum absolute atomic E-state index is 0.186. The summed E-state index contributed by atoms with van der Waals surface area (Å²) in [5.41, 5.74) is -0.353. The lowest BCUT2D eigenvalue weighted by Crippen LogP contribution is -2.13. The summed E-state index contributed by atoms with van der Waals surface area (Å²) in [5.74, 6) is -1.75. The van der Waals surface area contributed by atoms with Gasteiger partial charge in [0.25, 0.3) is 0 Å². The topological polar surface area (TPSA) is 113 Å². The van der Waals surface area contributed by atoms with E-state index in [0.717, 1.165) is 25.1 Å². The van der Waals surface area contributed by atoms with Crippen LogP contribution in [0.1, 0.15) is 6.92 Å². The number of esters is 1. The van der Waals surface area contributed by atoms with Gasteiger partial charge in [0.15, 0.2) is 11.7 Å². The lowest BCUT2D eigenvalue weighted by molar-refractivity contribution is -0.385. The zero-order valence-electron chi connectivity index (χ0n) is 10.2. The molecule has 1 aromatic carbocycles. The van der Waals surface area contributed by atoms with Gasteiger partial charge in [-0.1, -0.05) is 0 Å². The van der Waals surface area contributed by atoms with Crippen molar-refractivity contribution in [3.63, 3.8) is 0 Å². The zero-order valence-corrected chi connectivity index (χ0v) is 11.0. The van der Waals surface area contributed by atoms with Gasteiger partial charge in [-0.2, -0.15) is 0 Å². The van der Waals surface area contributed by atoms with E-state index >= 15 is 0 Å². The van der Waals surface area contributed by atoms with Crippen LogP contribution in [0.15, 0.2) is 23.1 Å². The lowest BCUT2D eigenvalue weighted by atomic mass is 10.3. The van der Waals surface area contributed by atoms with Crippen molar-refractivity contribution in [3.05, 3.63) is 28.3 Å². The van der Waals surface area contributed by atoms with Gasteiger partial charge in [0.2, 0.25) is 9.84 Å². The second-order valence-corrected chi connectivity index (χ2v) is 5.40. The van der Waals surface area contributed by atoms with E-state index in [9.17, 15) is 23.3 Å². The van der Waals surface area contributed by atoms with E-state index in [1.165, 1.54) is 7.11 Å². The molecule has 0 aromatic heterocycles.